The van der Waals surface area contributed by atoms with Crippen LogP contribution < -0.4 is 0 Å². The lowest BCUT2D eigenvalue weighted by Gasteiger charge is -2.29. The van der Waals surface area contributed by atoms with Gasteiger partial charge in [0.25, 0.3) is 5.91 Å². The Morgan fingerprint density at radius 2 is 1.72 bits per heavy atom. The Hall–Kier alpha value is -2.33. The molecule has 1 heterocycles. The normalized spacial score (nSPS) is 12.2. The Balaban J connectivity index is 2.07. The summed E-state index contributed by atoms with van der Waals surface area (Å²) in [6, 6.07) is 17.8. The van der Waals surface area contributed by atoms with Gasteiger partial charge in [-0.05, 0) is 34.5 Å². The minimum atomic E-state index is -0.168. The molecule has 0 unspecified atom stereocenters. The van der Waals surface area contributed by atoms with Crippen molar-refractivity contribution in [3.8, 4) is 0 Å². The first kappa shape index (κ1) is 17.5. The van der Waals surface area contributed by atoms with Gasteiger partial charge in [0.2, 0.25) is 0 Å². The summed E-state index contributed by atoms with van der Waals surface area (Å²) in [6.07, 6.45) is 0. The van der Waals surface area contributed by atoms with Crippen LogP contribution in [-0.4, -0.2) is 22.4 Å². The molecule has 1 atom stereocenters. The zero-order valence-electron chi connectivity index (χ0n) is 14.7. The third kappa shape index (κ3) is 3.02. The van der Waals surface area contributed by atoms with Gasteiger partial charge in [0, 0.05) is 25.0 Å². The van der Waals surface area contributed by atoms with Crippen molar-refractivity contribution in [3.05, 3.63) is 82.5 Å². The van der Waals surface area contributed by atoms with Crippen LogP contribution in [0.15, 0.2) is 71.2 Å². The van der Waals surface area contributed by atoms with Crippen LogP contribution in [0.25, 0.3) is 10.9 Å². The lowest BCUT2D eigenvalue weighted by Crippen LogP contribution is -2.33. The molecule has 3 nitrogen and oxygen atoms in total. The fraction of sp³-hybridized carbons (Fsp3) is 0.190. The van der Waals surface area contributed by atoms with E-state index < -0.39 is 0 Å². The van der Waals surface area contributed by atoms with E-state index in [1.165, 1.54) is 0 Å². The molecule has 3 aromatic rings. The summed E-state index contributed by atoms with van der Waals surface area (Å²) in [5, 5.41) is 1.04. The van der Waals surface area contributed by atoms with Gasteiger partial charge in [-0.15, -0.1) is 0 Å². The maximum atomic E-state index is 13.3. The standard InChI is InChI=1S/C21H21BrN2O/c1-14(2)19(15-10-6-5-7-11-15)24(4)21(25)20-18(22)16-12-8-9-13-17(16)23(20)3/h5-13,19H,1H2,2-4H3/t19-/m0/s1. The van der Waals surface area contributed by atoms with Gasteiger partial charge in [0.05, 0.1) is 10.5 Å². The Labute approximate surface area is 156 Å². The highest BCUT2D eigenvalue weighted by atomic mass is 79.9. The second-order valence-electron chi connectivity index (χ2n) is 6.31. The van der Waals surface area contributed by atoms with Crippen LogP contribution in [0.2, 0.25) is 0 Å². The highest BCUT2D eigenvalue weighted by Crippen LogP contribution is 2.33. The van der Waals surface area contributed by atoms with Crippen LogP contribution in [-0.2, 0) is 7.05 Å². The van der Waals surface area contributed by atoms with E-state index in [1.54, 1.807) is 4.90 Å². The molecule has 0 spiro atoms. The molecular weight excluding hydrogens is 376 g/mol. The molecule has 0 saturated heterocycles. The van der Waals surface area contributed by atoms with Crippen molar-refractivity contribution in [2.24, 2.45) is 7.05 Å². The molecule has 2 aromatic carbocycles. The van der Waals surface area contributed by atoms with E-state index in [0.717, 1.165) is 26.5 Å². The number of hydrogen-bond acceptors (Lipinski definition) is 1. The molecule has 0 fully saturated rings. The Kier molecular flexibility index (Phi) is 4.82. The average Bonchev–Trinajstić information content (AvgIpc) is 2.86. The Morgan fingerprint density at radius 3 is 2.32 bits per heavy atom. The lowest BCUT2D eigenvalue weighted by molar-refractivity contribution is 0.0743. The Morgan fingerprint density at radius 1 is 1.12 bits per heavy atom. The van der Waals surface area contributed by atoms with Crippen LogP contribution in [0.4, 0.5) is 0 Å². The van der Waals surface area contributed by atoms with Crippen molar-refractivity contribution in [2.75, 3.05) is 7.05 Å². The fourth-order valence-corrected chi connectivity index (χ4v) is 4.11. The number of likely N-dealkylation sites (N-methyl/N-ethyl adjacent to an activating group) is 1. The minimum Gasteiger partial charge on any atom is -0.339 e. The van der Waals surface area contributed by atoms with E-state index in [9.17, 15) is 4.79 Å². The zero-order valence-corrected chi connectivity index (χ0v) is 16.2. The van der Waals surface area contributed by atoms with E-state index in [0.29, 0.717) is 5.69 Å². The molecule has 0 bridgehead atoms. The molecule has 4 heteroatoms. The predicted octanol–water partition coefficient (Wildman–Crippen LogP) is 5.33. The van der Waals surface area contributed by atoms with Crippen molar-refractivity contribution in [3.63, 3.8) is 0 Å². The first-order valence-corrected chi connectivity index (χ1v) is 8.93. The van der Waals surface area contributed by atoms with Crippen LogP contribution in [0, 0.1) is 0 Å². The highest BCUT2D eigenvalue weighted by molar-refractivity contribution is 9.10. The van der Waals surface area contributed by atoms with Gasteiger partial charge < -0.3 is 9.47 Å². The first-order valence-electron chi connectivity index (χ1n) is 8.14. The molecule has 25 heavy (non-hydrogen) atoms. The molecular formula is C21H21BrN2O. The molecule has 0 radical (unpaired) electrons. The molecule has 0 aliphatic heterocycles. The summed E-state index contributed by atoms with van der Waals surface area (Å²) in [5.74, 6) is -0.0394. The number of nitrogens with zero attached hydrogens (tertiary/aromatic N) is 2. The molecule has 3 rings (SSSR count). The van der Waals surface area contributed by atoms with E-state index >= 15 is 0 Å². The molecule has 0 aliphatic carbocycles. The summed E-state index contributed by atoms with van der Waals surface area (Å²) >= 11 is 3.62. The van der Waals surface area contributed by atoms with E-state index in [2.05, 4.69) is 22.5 Å². The molecule has 0 aliphatic rings. The largest absolute Gasteiger partial charge is 0.339 e. The number of benzene rings is 2. The monoisotopic (exact) mass is 396 g/mol. The van der Waals surface area contributed by atoms with Crippen molar-refractivity contribution in [1.82, 2.24) is 9.47 Å². The quantitative estimate of drug-likeness (QED) is 0.547. The van der Waals surface area contributed by atoms with Crippen LogP contribution in [0.1, 0.15) is 29.0 Å². The molecule has 0 N–H and O–H groups in total. The van der Waals surface area contributed by atoms with E-state index in [4.69, 9.17) is 0 Å². The van der Waals surface area contributed by atoms with Gasteiger partial charge in [0.1, 0.15) is 5.69 Å². The number of halogens is 1. The fourth-order valence-electron chi connectivity index (χ4n) is 3.34. The number of aryl methyl sites for hydroxylation is 1. The minimum absolute atomic E-state index is 0.0394. The van der Waals surface area contributed by atoms with Crippen molar-refractivity contribution in [2.45, 2.75) is 13.0 Å². The van der Waals surface area contributed by atoms with Gasteiger partial charge in [-0.25, -0.2) is 0 Å². The predicted molar refractivity (Wildman–Crippen MR) is 107 cm³/mol. The SMILES string of the molecule is C=C(C)[C@@H](c1ccccc1)N(C)C(=O)c1c(Br)c2ccccc2n1C. The number of hydrogen-bond donors (Lipinski definition) is 0. The van der Waals surface area contributed by atoms with Gasteiger partial charge in [0.15, 0.2) is 0 Å². The number of carbonyl (C=O) groups excluding carboxylic acids is 1. The number of fused-ring (bicyclic) bond motifs is 1. The summed E-state index contributed by atoms with van der Waals surface area (Å²) in [7, 11) is 3.76. The van der Waals surface area contributed by atoms with Crippen molar-refractivity contribution >= 4 is 32.7 Å². The van der Waals surface area contributed by atoms with Crippen LogP contribution in [0.3, 0.4) is 0 Å². The smallest absolute Gasteiger partial charge is 0.272 e. The second-order valence-corrected chi connectivity index (χ2v) is 7.11. The Bertz CT molecular complexity index is 904. The summed E-state index contributed by atoms with van der Waals surface area (Å²) in [5.41, 5.74) is 3.65. The third-order valence-corrected chi connectivity index (χ3v) is 5.34. The van der Waals surface area contributed by atoms with Crippen LogP contribution in [0.5, 0.6) is 0 Å². The van der Waals surface area contributed by atoms with Crippen LogP contribution >= 0.6 is 15.9 Å². The summed E-state index contributed by atoms with van der Waals surface area (Å²) < 4.78 is 2.77. The number of carbonyl (C=O) groups is 1. The first-order chi connectivity index (χ1) is 11.9. The molecule has 1 aromatic heterocycles. The molecule has 0 saturated carbocycles. The van der Waals surface area contributed by atoms with E-state index in [1.807, 2.05) is 80.2 Å². The zero-order chi connectivity index (χ0) is 18.1. The number of para-hydroxylation sites is 1. The van der Waals surface area contributed by atoms with Crippen molar-refractivity contribution < 1.29 is 4.79 Å². The summed E-state index contributed by atoms with van der Waals surface area (Å²) in [4.78, 5) is 15.1. The maximum absolute atomic E-state index is 13.3. The van der Waals surface area contributed by atoms with Gasteiger partial charge in [-0.3, -0.25) is 4.79 Å². The maximum Gasteiger partial charge on any atom is 0.272 e. The third-order valence-electron chi connectivity index (χ3n) is 4.54. The highest BCUT2D eigenvalue weighted by Gasteiger charge is 2.28. The van der Waals surface area contributed by atoms with Crippen molar-refractivity contribution in [1.29, 1.82) is 0 Å². The molecule has 1 amide bonds. The second kappa shape index (κ2) is 6.89. The number of aromatic nitrogens is 1. The summed E-state index contributed by atoms with van der Waals surface area (Å²) in [6.45, 7) is 6.06. The van der Waals surface area contributed by atoms with Gasteiger partial charge in [-0.2, -0.15) is 0 Å². The number of amides is 1. The molecule has 128 valence electrons. The number of rotatable bonds is 4. The lowest BCUT2D eigenvalue weighted by atomic mass is 9.99. The van der Waals surface area contributed by atoms with E-state index in [-0.39, 0.29) is 11.9 Å². The van der Waals surface area contributed by atoms with Gasteiger partial charge in [-0.1, -0.05) is 60.7 Å². The topological polar surface area (TPSA) is 25.2 Å². The van der Waals surface area contributed by atoms with Gasteiger partial charge >= 0.3 is 0 Å². The average molecular weight is 397 g/mol.